The molecule has 0 aliphatic carbocycles. The van der Waals surface area contributed by atoms with Gasteiger partial charge < -0.3 is 15.1 Å². The third-order valence-electron chi connectivity index (χ3n) is 2.79. The number of aliphatic hydroxyl groups excluding tert-OH is 2. The maximum atomic E-state index is 13.4. The number of rotatable bonds is 2. The molecule has 0 spiro atoms. The number of hydrogen-bond donors (Lipinski definition) is 2. The third-order valence-corrected chi connectivity index (χ3v) is 2.79. The van der Waals surface area contributed by atoms with Crippen LogP contribution in [0.2, 0.25) is 0 Å². The van der Waals surface area contributed by atoms with Crippen molar-refractivity contribution in [2.24, 2.45) is 0 Å². The first kappa shape index (κ1) is 12.7. The summed E-state index contributed by atoms with van der Waals surface area (Å²) in [7, 11) is 0. The van der Waals surface area contributed by atoms with Gasteiger partial charge in [0.1, 0.15) is 11.5 Å². The normalized spacial score (nSPS) is 23.4. The molecule has 0 radical (unpaired) electrons. The van der Waals surface area contributed by atoms with E-state index in [4.69, 9.17) is 0 Å². The van der Waals surface area contributed by atoms with Gasteiger partial charge in [-0.05, 0) is 0 Å². The van der Waals surface area contributed by atoms with Crippen LogP contribution in [0.5, 0.6) is 0 Å². The van der Waals surface area contributed by atoms with Crippen molar-refractivity contribution < 1.29 is 23.9 Å². The summed E-state index contributed by atoms with van der Waals surface area (Å²) in [5, 5.41) is 29.5. The van der Waals surface area contributed by atoms with Crippen molar-refractivity contribution >= 4 is 11.4 Å². The van der Waals surface area contributed by atoms with Gasteiger partial charge in [0.05, 0.1) is 17.1 Å². The largest absolute Gasteiger partial charge is 0.389 e. The van der Waals surface area contributed by atoms with E-state index < -0.39 is 34.5 Å². The van der Waals surface area contributed by atoms with Crippen molar-refractivity contribution in [2.45, 2.75) is 12.2 Å². The van der Waals surface area contributed by atoms with Crippen LogP contribution in [-0.4, -0.2) is 40.4 Å². The lowest BCUT2D eigenvalue weighted by atomic mass is 10.2. The number of aliphatic hydroxyl groups is 2. The Labute approximate surface area is 100 Å². The van der Waals surface area contributed by atoms with Crippen molar-refractivity contribution in [1.82, 2.24) is 0 Å². The summed E-state index contributed by atoms with van der Waals surface area (Å²) in [5.41, 5.74) is -1.15. The van der Waals surface area contributed by atoms with Crippen LogP contribution in [0.15, 0.2) is 12.1 Å². The number of benzene rings is 1. The summed E-state index contributed by atoms with van der Waals surface area (Å²) in [6.07, 6.45) is -2.20. The van der Waals surface area contributed by atoms with Crippen LogP contribution >= 0.6 is 0 Å². The first-order valence-electron chi connectivity index (χ1n) is 5.14. The molecule has 6 nitrogen and oxygen atoms in total. The minimum absolute atomic E-state index is 0.120. The zero-order chi connectivity index (χ0) is 13.4. The van der Waals surface area contributed by atoms with Gasteiger partial charge in [0.2, 0.25) is 5.82 Å². The molecule has 0 amide bonds. The van der Waals surface area contributed by atoms with E-state index in [1.54, 1.807) is 0 Å². The second kappa shape index (κ2) is 4.46. The summed E-state index contributed by atoms with van der Waals surface area (Å²) < 4.78 is 26.5. The molecule has 0 saturated carbocycles. The zero-order valence-corrected chi connectivity index (χ0v) is 9.08. The second-order valence-electron chi connectivity index (χ2n) is 4.05. The van der Waals surface area contributed by atoms with Gasteiger partial charge in [-0.25, -0.2) is 4.39 Å². The summed E-state index contributed by atoms with van der Waals surface area (Å²) in [6, 6.07) is 1.23. The lowest BCUT2D eigenvalue weighted by molar-refractivity contribution is -0.386. The molecule has 2 atom stereocenters. The SMILES string of the molecule is O=[N+]([O-])c1c(F)cc(F)cc1N1CC(O)C(O)C1. The maximum absolute atomic E-state index is 13.4. The lowest BCUT2D eigenvalue weighted by Crippen LogP contribution is -2.22. The number of nitro benzene ring substituents is 1. The van der Waals surface area contributed by atoms with Crippen LogP contribution in [0.3, 0.4) is 0 Å². The van der Waals surface area contributed by atoms with E-state index in [0.29, 0.717) is 6.07 Å². The van der Waals surface area contributed by atoms with Crippen molar-refractivity contribution in [3.8, 4) is 0 Å². The van der Waals surface area contributed by atoms with E-state index in [2.05, 4.69) is 0 Å². The number of anilines is 1. The zero-order valence-electron chi connectivity index (χ0n) is 9.08. The van der Waals surface area contributed by atoms with E-state index in [0.717, 1.165) is 6.07 Å². The Morgan fingerprint density at radius 1 is 1.28 bits per heavy atom. The summed E-state index contributed by atoms with van der Waals surface area (Å²) >= 11 is 0. The topological polar surface area (TPSA) is 86.8 Å². The fraction of sp³-hybridized carbons (Fsp3) is 0.400. The first-order chi connectivity index (χ1) is 8.40. The Morgan fingerprint density at radius 3 is 2.33 bits per heavy atom. The van der Waals surface area contributed by atoms with Gasteiger partial charge in [0, 0.05) is 25.2 Å². The van der Waals surface area contributed by atoms with Crippen molar-refractivity contribution in [3.05, 3.63) is 33.9 Å². The second-order valence-corrected chi connectivity index (χ2v) is 4.05. The van der Waals surface area contributed by atoms with Gasteiger partial charge in [-0.15, -0.1) is 0 Å². The number of nitrogens with zero attached hydrogens (tertiary/aromatic N) is 2. The minimum atomic E-state index is -1.29. The molecule has 1 aromatic carbocycles. The van der Waals surface area contributed by atoms with E-state index in [1.165, 1.54) is 4.90 Å². The van der Waals surface area contributed by atoms with Gasteiger partial charge >= 0.3 is 5.69 Å². The highest BCUT2D eigenvalue weighted by molar-refractivity contribution is 5.64. The lowest BCUT2D eigenvalue weighted by Gasteiger charge is -2.17. The standard InChI is InChI=1S/C10H10F2N2O4/c11-5-1-6(12)10(14(17)18)7(2-5)13-3-8(15)9(16)4-13/h1-2,8-9,15-16H,3-4H2. The van der Waals surface area contributed by atoms with Crippen molar-refractivity contribution in [1.29, 1.82) is 0 Å². The highest BCUT2D eigenvalue weighted by atomic mass is 19.1. The fourth-order valence-electron chi connectivity index (χ4n) is 1.94. The molecule has 1 saturated heterocycles. The molecule has 98 valence electrons. The molecule has 1 aromatic rings. The van der Waals surface area contributed by atoms with Crippen molar-refractivity contribution in [3.63, 3.8) is 0 Å². The summed E-state index contributed by atoms with van der Waals surface area (Å²) in [5.74, 6) is -2.24. The van der Waals surface area contributed by atoms with E-state index in [1.807, 2.05) is 0 Å². The smallest absolute Gasteiger partial charge is 0.328 e. The Morgan fingerprint density at radius 2 is 1.83 bits per heavy atom. The average Bonchev–Trinajstić information content (AvgIpc) is 2.57. The number of nitro groups is 1. The molecule has 1 aliphatic heterocycles. The molecule has 1 aliphatic rings. The van der Waals surface area contributed by atoms with Gasteiger partial charge in [0.15, 0.2) is 0 Å². The molecule has 0 bridgehead atoms. The highest BCUT2D eigenvalue weighted by Crippen LogP contribution is 2.34. The minimum Gasteiger partial charge on any atom is -0.389 e. The van der Waals surface area contributed by atoms with Crippen LogP contribution in [-0.2, 0) is 0 Å². The Hall–Kier alpha value is -1.80. The number of β-amino-alcohol motifs (C(OH)–C–C–N with tert-alkyl or cyclic N) is 2. The Bertz CT molecular complexity index is 487. The van der Waals surface area contributed by atoms with Gasteiger partial charge in [-0.3, -0.25) is 10.1 Å². The van der Waals surface area contributed by atoms with Crippen LogP contribution in [0, 0.1) is 21.7 Å². The molecular formula is C10H10F2N2O4. The van der Waals surface area contributed by atoms with E-state index >= 15 is 0 Å². The van der Waals surface area contributed by atoms with E-state index in [9.17, 15) is 29.1 Å². The monoisotopic (exact) mass is 260 g/mol. The molecule has 18 heavy (non-hydrogen) atoms. The van der Waals surface area contributed by atoms with Crippen LogP contribution < -0.4 is 4.90 Å². The summed E-state index contributed by atoms with van der Waals surface area (Å²) in [4.78, 5) is 11.0. The number of halogens is 2. The van der Waals surface area contributed by atoms with Crippen molar-refractivity contribution in [2.75, 3.05) is 18.0 Å². The van der Waals surface area contributed by atoms with Gasteiger partial charge in [-0.2, -0.15) is 4.39 Å². The quantitative estimate of drug-likeness (QED) is 0.594. The van der Waals surface area contributed by atoms with Crippen LogP contribution in [0.4, 0.5) is 20.2 Å². The van der Waals surface area contributed by atoms with Gasteiger partial charge in [-0.1, -0.05) is 0 Å². The van der Waals surface area contributed by atoms with Gasteiger partial charge in [0.25, 0.3) is 0 Å². The predicted octanol–water partition coefficient (Wildman–Crippen LogP) is 0.415. The molecule has 2 rings (SSSR count). The molecule has 2 unspecified atom stereocenters. The molecule has 8 heteroatoms. The first-order valence-corrected chi connectivity index (χ1v) is 5.14. The molecule has 2 N–H and O–H groups in total. The maximum Gasteiger partial charge on any atom is 0.328 e. The molecule has 1 heterocycles. The highest BCUT2D eigenvalue weighted by Gasteiger charge is 2.34. The van der Waals surface area contributed by atoms with Crippen LogP contribution in [0.1, 0.15) is 0 Å². The molecular weight excluding hydrogens is 250 g/mol. The van der Waals surface area contributed by atoms with E-state index in [-0.39, 0.29) is 18.8 Å². The molecule has 1 fully saturated rings. The summed E-state index contributed by atoms with van der Waals surface area (Å²) in [6.45, 7) is -0.240. The number of hydrogen-bond acceptors (Lipinski definition) is 5. The average molecular weight is 260 g/mol. The third kappa shape index (κ3) is 2.12. The van der Waals surface area contributed by atoms with Crippen LogP contribution in [0.25, 0.3) is 0 Å². The Kier molecular flexibility index (Phi) is 3.14. The molecule has 0 aromatic heterocycles. The predicted molar refractivity (Wildman–Crippen MR) is 57.2 cm³/mol. The fourth-order valence-corrected chi connectivity index (χ4v) is 1.94. The Balaban J connectivity index is 2.47.